The van der Waals surface area contributed by atoms with E-state index < -0.39 is 0 Å². The van der Waals surface area contributed by atoms with Crippen LogP contribution in [0, 0.1) is 5.82 Å². The molecule has 1 aromatic carbocycles. The molecule has 28 heavy (non-hydrogen) atoms. The van der Waals surface area contributed by atoms with Gasteiger partial charge in [-0.25, -0.2) is 9.37 Å². The maximum Gasteiger partial charge on any atom is 0.123 e. The molecule has 2 fully saturated rings. The zero-order valence-electron chi connectivity index (χ0n) is 17.0. The molecule has 0 bridgehead atoms. The first kappa shape index (κ1) is 19.8. The van der Waals surface area contributed by atoms with Gasteiger partial charge in [0.15, 0.2) is 0 Å². The number of benzene rings is 1. The fourth-order valence-electron chi connectivity index (χ4n) is 4.32. The third-order valence-corrected chi connectivity index (χ3v) is 6.87. The van der Waals surface area contributed by atoms with Crippen LogP contribution < -0.4 is 4.90 Å². The van der Waals surface area contributed by atoms with Gasteiger partial charge >= 0.3 is 0 Å². The minimum atomic E-state index is -0.162. The summed E-state index contributed by atoms with van der Waals surface area (Å²) in [5.74, 6) is 0.349. The molecule has 0 amide bonds. The molecule has 6 heteroatoms. The summed E-state index contributed by atoms with van der Waals surface area (Å²) in [4.78, 5) is 12.4. The van der Waals surface area contributed by atoms with Crippen molar-refractivity contribution in [2.45, 2.75) is 45.2 Å². The maximum absolute atomic E-state index is 13.2. The Kier molecular flexibility index (Phi) is 6.28. The highest BCUT2D eigenvalue weighted by Gasteiger charge is 2.28. The van der Waals surface area contributed by atoms with Gasteiger partial charge in [0.25, 0.3) is 0 Å². The quantitative estimate of drug-likeness (QED) is 0.748. The van der Waals surface area contributed by atoms with Gasteiger partial charge in [-0.1, -0.05) is 13.8 Å². The van der Waals surface area contributed by atoms with Crippen molar-refractivity contribution in [1.29, 1.82) is 0 Å². The lowest BCUT2D eigenvalue weighted by atomic mass is 10.0. The molecule has 4 nitrogen and oxygen atoms in total. The summed E-state index contributed by atoms with van der Waals surface area (Å²) >= 11 is 1.81. The van der Waals surface area contributed by atoms with Gasteiger partial charge in [0.1, 0.15) is 10.8 Å². The highest BCUT2D eigenvalue weighted by atomic mass is 32.1. The first-order chi connectivity index (χ1) is 13.6. The van der Waals surface area contributed by atoms with E-state index in [2.05, 4.69) is 33.9 Å². The molecule has 1 aromatic heterocycles. The molecular formula is C22H31FN4S. The number of piperidine rings is 1. The number of nitrogens with zero attached hydrogens (tertiary/aromatic N) is 4. The highest BCUT2D eigenvalue weighted by Crippen LogP contribution is 2.24. The van der Waals surface area contributed by atoms with E-state index in [1.807, 2.05) is 23.5 Å². The molecule has 0 spiro atoms. The highest BCUT2D eigenvalue weighted by molar-refractivity contribution is 7.09. The Hall–Kier alpha value is -1.50. The van der Waals surface area contributed by atoms with Crippen LogP contribution in [0.2, 0.25) is 0 Å². The van der Waals surface area contributed by atoms with E-state index >= 15 is 0 Å². The third-order valence-electron chi connectivity index (χ3n) is 6.02. The van der Waals surface area contributed by atoms with Gasteiger partial charge in [-0.2, -0.15) is 0 Å². The SMILES string of the molecule is CC(C)c1csc(CN2CCCC(N3CCN(c4ccc(F)cc4)CC3)C2)n1. The summed E-state index contributed by atoms with van der Waals surface area (Å²) in [5, 5.41) is 3.47. The first-order valence-electron chi connectivity index (χ1n) is 10.5. The molecule has 2 aromatic rings. The smallest absolute Gasteiger partial charge is 0.123 e. The monoisotopic (exact) mass is 402 g/mol. The number of likely N-dealkylation sites (tertiary alicyclic amines) is 1. The zero-order valence-corrected chi connectivity index (χ0v) is 17.8. The van der Waals surface area contributed by atoms with E-state index in [9.17, 15) is 4.39 Å². The predicted octanol–water partition coefficient (Wildman–Crippen LogP) is 4.19. The topological polar surface area (TPSA) is 22.6 Å². The van der Waals surface area contributed by atoms with Crippen molar-refractivity contribution in [2.75, 3.05) is 44.2 Å². The van der Waals surface area contributed by atoms with E-state index in [4.69, 9.17) is 4.98 Å². The molecule has 0 saturated carbocycles. The van der Waals surface area contributed by atoms with Crippen LogP contribution in [0.5, 0.6) is 0 Å². The number of piperazine rings is 1. The molecule has 2 saturated heterocycles. The van der Waals surface area contributed by atoms with Crippen molar-refractivity contribution in [3.05, 3.63) is 46.2 Å². The lowest BCUT2D eigenvalue weighted by Crippen LogP contribution is -2.55. The van der Waals surface area contributed by atoms with Crippen molar-refractivity contribution < 1.29 is 4.39 Å². The van der Waals surface area contributed by atoms with Gasteiger partial charge in [0, 0.05) is 49.8 Å². The van der Waals surface area contributed by atoms with Crippen LogP contribution in [0.4, 0.5) is 10.1 Å². The van der Waals surface area contributed by atoms with E-state index in [0.29, 0.717) is 12.0 Å². The van der Waals surface area contributed by atoms with Gasteiger partial charge in [-0.15, -0.1) is 11.3 Å². The molecule has 4 rings (SSSR count). The van der Waals surface area contributed by atoms with E-state index in [0.717, 1.165) is 45.0 Å². The number of anilines is 1. The molecule has 0 N–H and O–H groups in total. The summed E-state index contributed by atoms with van der Waals surface area (Å²) in [6.45, 7) is 12.0. The fraction of sp³-hybridized carbons (Fsp3) is 0.591. The fourth-order valence-corrected chi connectivity index (χ4v) is 5.32. The average molecular weight is 403 g/mol. The lowest BCUT2D eigenvalue weighted by Gasteiger charge is -2.43. The summed E-state index contributed by atoms with van der Waals surface area (Å²) < 4.78 is 13.2. The normalized spacial score (nSPS) is 22.1. The molecule has 2 aliphatic rings. The number of aromatic nitrogens is 1. The average Bonchev–Trinajstić information content (AvgIpc) is 3.18. The number of rotatable bonds is 5. The number of hydrogen-bond acceptors (Lipinski definition) is 5. The van der Waals surface area contributed by atoms with Crippen LogP contribution in [0.15, 0.2) is 29.6 Å². The maximum atomic E-state index is 13.2. The van der Waals surface area contributed by atoms with Gasteiger partial charge < -0.3 is 4.90 Å². The summed E-state index contributed by atoms with van der Waals surface area (Å²) in [6.07, 6.45) is 2.56. The van der Waals surface area contributed by atoms with E-state index in [1.54, 1.807) is 12.1 Å². The second-order valence-electron chi connectivity index (χ2n) is 8.35. The van der Waals surface area contributed by atoms with Gasteiger partial charge in [-0.3, -0.25) is 9.80 Å². The molecular weight excluding hydrogens is 371 g/mol. The molecule has 1 atom stereocenters. The van der Waals surface area contributed by atoms with Crippen LogP contribution >= 0.6 is 11.3 Å². The largest absolute Gasteiger partial charge is 0.369 e. The Balaban J connectivity index is 1.29. The number of hydrogen-bond donors (Lipinski definition) is 0. The minimum Gasteiger partial charge on any atom is -0.369 e. The van der Waals surface area contributed by atoms with Crippen LogP contribution in [0.25, 0.3) is 0 Å². The molecule has 2 aliphatic heterocycles. The molecule has 152 valence electrons. The molecule has 0 radical (unpaired) electrons. The molecule has 3 heterocycles. The first-order valence-corrected chi connectivity index (χ1v) is 11.4. The second kappa shape index (κ2) is 8.89. The molecule has 0 aliphatic carbocycles. The molecule has 1 unspecified atom stereocenters. The van der Waals surface area contributed by atoms with Crippen molar-refractivity contribution >= 4 is 17.0 Å². The zero-order chi connectivity index (χ0) is 19.5. The van der Waals surface area contributed by atoms with Crippen LogP contribution in [-0.2, 0) is 6.54 Å². The van der Waals surface area contributed by atoms with Gasteiger partial charge in [-0.05, 0) is 49.6 Å². The summed E-state index contributed by atoms with van der Waals surface area (Å²) in [6, 6.07) is 7.56. The summed E-state index contributed by atoms with van der Waals surface area (Å²) in [7, 11) is 0. The standard InChI is InChI=1S/C22H31FN4S/c1-17(2)21-16-28-22(24-21)15-25-9-3-4-20(14-25)27-12-10-26(11-13-27)19-7-5-18(23)6-8-19/h5-8,16-17,20H,3-4,9-15H2,1-2H3. The van der Waals surface area contributed by atoms with Gasteiger partial charge in [0.2, 0.25) is 0 Å². The van der Waals surface area contributed by atoms with Crippen molar-refractivity contribution in [3.63, 3.8) is 0 Å². The van der Waals surface area contributed by atoms with Crippen molar-refractivity contribution in [1.82, 2.24) is 14.8 Å². The Labute approximate surface area is 172 Å². The second-order valence-corrected chi connectivity index (χ2v) is 9.29. The lowest BCUT2D eigenvalue weighted by molar-refractivity contribution is 0.0887. The Morgan fingerprint density at radius 1 is 1.11 bits per heavy atom. The van der Waals surface area contributed by atoms with Crippen molar-refractivity contribution in [2.24, 2.45) is 0 Å². The predicted molar refractivity (Wildman–Crippen MR) is 115 cm³/mol. The third kappa shape index (κ3) is 4.73. The number of thiazole rings is 1. The van der Waals surface area contributed by atoms with Crippen molar-refractivity contribution in [3.8, 4) is 0 Å². The van der Waals surface area contributed by atoms with Crippen LogP contribution in [0.1, 0.15) is 43.3 Å². The Morgan fingerprint density at radius 3 is 2.54 bits per heavy atom. The minimum absolute atomic E-state index is 0.162. The Bertz CT molecular complexity index is 752. The van der Waals surface area contributed by atoms with E-state index in [-0.39, 0.29) is 5.82 Å². The van der Waals surface area contributed by atoms with Gasteiger partial charge in [0.05, 0.1) is 12.2 Å². The van der Waals surface area contributed by atoms with Crippen LogP contribution in [0.3, 0.4) is 0 Å². The van der Waals surface area contributed by atoms with E-state index in [1.165, 1.54) is 30.1 Å². The summed E-state index contributed by atoms with van der Waals surface area (Å²) in [5.41, 5.74) is 2.36. The Morgan fingerprint density at radius 2 is 1.86 bits per heavy atom. The number of halogens is 1. The van der Waals surface area contributed by atoms with Crippen LogP contribution in [-0.4, -0.2) is 60.1 Å².